The Kier molecular flexibility index (Phi) is 6.50. The third kappa shape index (κ3) is 4.44. The van der Waals surface area contributed by atoms with Gasteiger partial charge in [0, 0.05) is 33.6 Å². The fourth-order valence-electron chi connectivity index (χ4n) is 2.54. The van der Waals surface area contributed by atoms with Crippen LogP contribution in [-0.2, 0) is 0 Å². The summed E-state index contributed by atoms with van der Waals surface area (Å²) in [5.74, 6) is 0.434. The summed E-state index contributed by atoms with van der Waals surface area (Å²) in [6, 6.07) is 11.5. The number of benzene rings is 2. The minimum Gasteiger partial charge on any atom is -0.390 e. The molecule has 0 atom stereocenters. The van der Waals surface area contributed by atoms with Crippen molar-refractivity contribution >= 4 is 56.2 Å². The van der Waals surface area contributed by atoms with Gasteiger partial charge in [0.05, 0.1) is 35.2 Å². The first kappa shape index (κ1) is 20.1. The predicted molar refractivity (Wildman–Crippen MR) is 114 cm³/mol. The first-order chi connectivity index (χ1) is 13.5. The first-order valence-electron chi connectivity index (χ1n) is 8.17. The third-order valence-electron chi connectivity index (χ3n) is 3.90. The maximum atomic E-state index is 11.2. The standard InChI is InChI=1S/C18H15BrClN5O3/c19-8-11(10-26)23-24-17-9-21-18(13-3-1-2-4-15(13)20)14-7-12(25(27)28)5-6-16(14)22-17/h1-7,26H,8-10H2,(H,22,24). The average molecular weight is 465 g/mol. The Labute approximate surface area is 173 Å². The molecule has 0 unspecified atom stereocenters. The molecule has 0 spiro atoms. The van der Waals surface area contributed by atoms with E-state index in [-0.39, 0.29) is 18.8 Å². The van der Waals surface area contributed by atoms with Crippen molar-refractivity contribution in [2.45, 2.75) is 0 Å². The second kappa shape index (κ2) is 9.05. The van der Waals surface area contributed by atoms with Crippen LogP contribution in [0.3, 0.4) is 0 Å². The Hall–Kier alpha value is -2.62. The number of hydrogen-bond acceptors (Lipinski definition) is 7. The monoisotopic (exact) mass is 463 g/mol. The normalized spacial score (nSPS) is 13.9. The maximum Gasteiger partial charge on any atom is 0.270 e. The molecule has 0 saturated carbocycles. The molecule has 0 aliphatic carbocycles. The van der Waals surface area contributed by atoms with Gasteiger partial charge in [0.15, 0.2) is 0 Å². The van der Waals surface area contributed by atoms with E-state index < -0.39 is 4.92 Å². The van der Waals surface area contributed by atoms with E-state index in [1.54, 1.807) is 24.3 Å². The van der Waals surface area contributed by atoms with Gasteiger partial charge in [-0.25, -0.2) is 4.99 Å². The number of aliphatic hydroxyl groups excluding tert-OH is 1. The van der Waals surface area contributed by atoms with Gasteiger partial charge in [0.2, 0.25) is 0 Å². The molecular weight excluding hydrogens is 450 g/mol. The zero-order valence-electron chi connectivity index (χ0n) is 14.5. The largest absolute Gasteiger partial charge is 0.390 e. The van der Waals surface area contributed by atoms with Crippen molar-refractivity contribution in [3.8, 4) is 0 Å². The van der Waals surface area contributed by atoms with Crippen LogP contribution in [0.5, 0.6) is 0 Å². The van der Waals surface area contributed by atoms with Crippen LogP contribution in [0.2, 0.25) is 5.02 Å². The van der Waals surface area contributed by atoms with E-state index in [0.717, 1.165) is 0 Å². The Balaban J connectivity index is 2.10. The average Bonchev–Trinajstić information content (AvgIpc) is 2.88. The van der Waals surface area contributed by atoms with E-state index in [2.05, 4.69) is 36.4 Å². The molecule has 0 saturated heterocycles. The predicted octanol–water partition coefficient (Wildman–Crippen LogP) is 3.46. The second-order valence-electron chi connectivity index (χ2n) is 5.74. The molecule has 3 rings (SSSR count). The summed E-state index contributed by atoms with van der Waals surface area (Å²) in [4.78, 5) is 19.9. The number of aliphatic imine (C=N–C) groups is 2. The number of hydrazone groups is 1. The minimum absolute atomic E-state index is 0.0648. The maximum absolute atomic E-state index is 11.2. The SMILES string of the molecule is O=[N+]([O-])c1ccc2c(c1)C(c1ccccc1Cl)=NCC(NN=C(CO)CBr)=N2. The number of nitrogens with one attached hydrogen (secondary N) is 1. The molecule has 0 fully saturated rings. The number of nitro benzene ring substituents is 1. The first-order valence-corrected chi connectivity index (χ1v) is 9.67. The molecule has 28 heavy (non-hydrogen) atoms. The molecule has 2 N–H and O–H groups in total. The van der Waals surface area contributed by atoms with E-state index >= 15 is 0 Å². The molecule has 2 aromatic carbocycles. The number of nitro groups is 1. The van der Waals surface area contributed by atoms with E-state index in [0.29, 0.717) is 44.4 Å². The van der Waals surface area contributed by atoms with Gasteiger partial charge < -0.3 is 5.11 Å². The molecule has 8 nitrogen and oxygen atoms in total. The van der Waals surface area contributed by atoms with Crippen LogP contribution in [-0.4, -0.2) is 45.8 Å². The molecule has 0 amide bonds. The van der Waals surface area contributed by atoms with E-state index in [9.17, 15) is 15.2 Å². The lowest BCUT2D eigenvalue weighted by Crippen LogP contribution is -2.23. The Morgan fingerprint density at radius 3 is 2.79 bits per heavy atom. The van der Waals surface area contributed by atoms with Gasteiger partial charge in [-0.1, -0.05) is 45.7 Å². The number of hydrogen-bond donors (Lipinski definition) is 2. The smallest absolute Gasteiger partial charge is 0.270 e. The zero-order chi connectivity index (χ0) is 20.1. The van der Waals surface area contributed by atoms with Crippen molar-refractivity contribution in [3.63, 3.8) is 0 Å². The van der Waals surface area contributed by atoms with Gasteiger partial charge in [-0.15, -0.1) is 0 Å². The summed E-state index contributed by atoms with van der Waals surface area (Å²) in [6.07, 6.45) is 0. The van der Waals surface area contributed by atoms with E-state index in [4.69, 9.17) is 11.6 Å². The van der Waals surface area contributed by atoms with Gasteiger partial charge in [0.1, 0.15) is 5.84 Å². The molecule has 1 aliphatic heterocycles. The van der Waals surface area contributed by atoms with Crippen LogP contribution < -0.4 is 5.43 Å². The van der Waals surface area contributed by atoms with Crippen molar-refractivity contribution in [2.75, 3.05) is 18.5 Å². The number of non-ortho nitro benzene ring substituents is 1. The lowest BCUT2D eigenvalue weighted by molar-refractivity contribution is -0.384. The van der Waals surface area contributed by atoms with Crippen molar-refractivity contribution in [2.24, 2.45) is 15.1 Å². The van der Waals surface area contributed by atoms with E-state index in [1.807, 2.05) is 6.07 Å². The number of alkyl halides is 1. The van der Waals surface area contributed by atoms with Crippen molar-refractivity contribution in [1.29, 1.82) is 0 Å². The van der Waals surface area contributed by atoms with Crippen molar-refractivity contribution in [1.82, 2.24) is 5.43 Å². The number of amidine groups is 1. The summed E-state index contributed by atoms with van der Waals surface area (Å²) < 4.78 is 0. The highest BCUT2D eigenvalue weighted by atomic mass is 79.9. The summed E-state index contributed by atoms with van der Waals surface area (Å²) in [5.41, 5.74) is 5.40. The van der Waals surface area contributed by atoms with Crippen molar-refractivity contribution < 1.29 is 10.0 Å². The van der Waals surface area contributed by atoms with Crippen LogP contribution >= 0.6 is 27.5 Å². The highest BCUT2D eigenvalue weighted by molar-refractivity contribution is 9.09. The molecule has 1 heterocycles. The lowest BCUT2D eigenvalue weighted by atomic mass is 10.00. The molecule has 144 valence electrons. The molecule has 2 aromatic rings. The Morgan fingerprint density at radius 2 is 2.11 bits per heavy atom. The van der Waals surface area contributed by atoms with Gasteiger partial charge >= 0.3 is 0 Å². The number of aliphatic hydroxyl groups is 1. The Bertz CT molecular complexity index is 1000. The van der Waals surface area contributed by atoms with Gasteiger partial charge in [-0.2, -0.15) is 5.10 Å². The molecule has 0 radical (unpaired) electrons. The van der Waals surface area contributed by atoms with E-state index in [1.165, 1.54) is 12.1 Å². The number of nitrogens with zero attached hydrogens (tertiary/aromatic N) is 4. The highest BCUT2D eigenvalue weighted by Crippen LogP contribution is 2.31. The number of fused-ring (bicyclic) bond motifs is 1. The fourth-order valence-corrected chi connectivity index (χ4v) is 3.07. The zero-order valence-corrected chi connectivity index (χ0v) is 16.8. The van der Waals surface area contributed by atoms with Gasteiger partial charge in [-0.05, 0) is 12.1 Å². The molecule has 0 bridgehead atoms. The van der Waals surface area contributed by atoms with Gasteiger partial charge in [-0.3, -0.25) is 20.5 Å². The highest BCUT2D eigenvalue weighted by Gasteiger charge is 2.21. The summed E-state index contributed by atoms with van der Waals surface area (Å²) in [7, 11) is 0. The molecule has 0 aromatic heterocycles. The van der Waals surface area contributed by atoms with Gasteiger partial charge in [0.25, 0.3) is 5.69 Å². The van der Waals surface area contributed by atoms with Crippen LogP contribution in [0.15, 0.2) is 57.6 Å². The van der Waals surface area contributed by atoms with Crippen LogP contribution in [0, 0.1) is 10.1 Å². The second-order valence-corrected chi connectivity index (χ2v) is 6.71. The minimum atomic E-state index is -0.466. The summed E-state index contributed by atoms with van der Waals surface area (Å²) >= 11 is 9.57. The lowest BCUT2D eigenvalue weighted by Gasteiger charge is -2.09. The topological polar surface area (TPSA) is 112 Å². The number of halogens is 2. The third-order valence-corrected chi connectivity index (χ3v) is 4.87. The summed E-state index contributed by atoms with van der Waals surface area (Å²) in [6.45, 7) is -0.0457. The molecule has 10 heteroatoms. The summed E-state index contributed by atoms with van der Waals surface area (Å²) in [5, 5.41) is 25.4. The van der Waals surface area contributed by atoms with Crippen LogP contribution in [0.1, 0.15) is 11.1 Å². The quantitative estimate of drug-likeness (QED) is 0.305. The van der Waals surface area contributed by atoms with Crippen molar-refractivity contribution in [3.05, 3.63) is 68.7 Å². The van der Waals surface area contributed by atoms with Crippen LogP contribution in [0.25, 0.3) is 0 Å². The Morgan fingerprint density at radius 1 is 1.32 bits per heavy atom. The fraction of sp³-hybridized carbons (Fsp3) is 0.167. The molecule has 1 aliphatic rings. The molecular formula is C18H15BrClN5O3. The number of rotatable bonds is 5. The van der Waals surface area contributed by atoms with Crippen LogP contribution in [0.4, 0.5) is 11.4 Å².